The molecule has 0 amide bonds. The number of rotatable bonds is 4. The van der Waals surface area contributed by atoms with Gasteiger partial charge >= 0.3 is 0 Å². The molecule has 0 N–H and O–H groups in total. The van der Waals surface area contributed by atoms with Crippen molar-refractivity contribution in [3.8, 4) is 33.9 Å². The average molecular weight is 558 g/mol. The molecule has 1 aliphatic carbocycles. The Hall–Kier alpha value is -5.12. The third-order valence-electron chi connectivity index (χ3n) is 8.33. The van der Waals surface area contributed by atoms with E-state index in [-0.39, 0.29) is 5.28 Å². The molecule has 6 aromatic carbocycles. The van der Waals surface area contributed by atoms with E-state index in [1.165, 1.54) is 38.6 Å². The highest BCUT2D eigenvalue weighted by molar-refractivity contribution is 6.28. The Kier molecular flexibility index (Phi) is 5.73. The standard InChI is InChI=1S/C38H24ClN3/c39-37-41-35(26-13-3-1-4-14-26)40-36(42-37)27-15-11-18-29(24-27)38(28-16-5-2-6-17-28)32-21-10-9-20-31(32)34-30-19-8-7-12-25(30)22-23-33(34)38/h1-24H. The molecule has 1 atom stereocenters. The minimum Gasteiger partial charge on any atom is -0.208 e. The summed E-state index contributed by atoms with van der Waals surface area (Å²) < 4.78 is 0. The SMILES string of the molecule is Clc1nc(-c2ccccc2)nc(-c2cccc(C3(c4ccccc4)c4ccccc4-c4c3ccc3ccccc43)c2)n1. The molecule has 7 aromatic rings. The summed E-state index contributed by atoms with van der Waals surface area (Å²) in [5, 5.41) is 2.66. The van der Waals surface area contributed by atoms with E-state index in [0.29, 0.717) is 11.6 Å². The van der Waals surface area contributed by atoms with Crippen molar-refractivity contribution in [1.29, 1.82) is 0 Å². The molecule has 0 bridgehead atoms. The van der Waals surface area contributed by atoms with Gasteiger partial charge in [-0.05, 0) is 61.8 Å². The van der Waals surface area contributed by atoms with Crippen LogP contribution in [0.3, 0.4) is 0 Å². The Morgan fingerprint density at radius 3 is 1.95 bits per heavy atom. The van der Waals surface area contributed by atoms with Crippen molar-refractivity contribution in [2.45, 2.75) is 5.41 Å². The van der Waals surface area contributed by atoms with Crippen LogP contribution < -0.4 is 0 Å². The molecule has 0 spiro atoms. The minimum atomic E-state index is -0.535. The number of hydrogen-bond acceptors (Lipinski definition) is 3. The van der Waals surface area contributed by atoms with Gasteiger partial charge in [-0.15, -0.1) is 0 Å². The number of fused-ring (bicyclic) bond motifs is 5. The van der Waals surface area contributed by atoms with Crippen LogP contribution in [0.15, 0.2) is 146 Å². The fraction of sp³-hybridized carbons (Fsp3) is 0.0263. The molecule has 42 heavy (non-hydrogen) atoms. The second kappa shape index (κ2) is 9.76. The first-order valence-corrected chi connectivity index (χ1v) is 14.4. The fourth-order valence-electron chi connectivity index (χ4n) is 6.61. The summed E-state index contributed by atoms with van der Waals surface area (Å²) in [6.45, 7) is 0. The predicted octanol–water partition coefficient (Wildman–Crippen LogP) is 9.38. The van der Waals surface area contributed by atoms with Crippen molar-refractivity contribution in [3.05, 3.63) is 173 Å². The molecular formula is C38H24ClN3. The maximum absolute atomic E-state index is 6.47. The van der Waals surface area contributed by atoms with Crippen molar-refractivity contribution >= 4 is 22.4 Å². The average Bonchev–Trinajstić information content (AvgIpc) is 3.37. The van der Waals surface area contributed by atoms with Crippen LogP contribution >= 0.6 is 11.6 Å². The maximum Gasteiger partial charge on any atom is 0.226 e. The van der Waals surface area contributed by atoms with E-state index in [2.05, 4.69) is 119 Å². The van der Waals surface area contributed by atoms with E-state index in [1.807, 2.05) is 36.4 Å². The second-order valence-corrected chi connectivity index (χ2v) is 10.9. The normalized spacial score (nSPS) is 15.4. The summed E-state index contributed by atoms with van der Waals surface area (Å²) in [5.41, 5.74) is 8.67. The van der Waals surface area contributed by atoms with Gasteiger partial charge in [-0.1, -0.05) is 140 Å². The highest BCUT2D eigenvalue weighted by Crippen LogP contribution is 2.57. The lowest BCUT2D eigenvalue weighted by Gasteiger charge is -2.34. The molecule has 198 valence electrons. The van der Waals surface area contributed by atoms with Gasteiger partial charge < -0.3 is 0 Å². The first-order valence-electron chi connectivity index (χ1n) is 14.0. The summed E-state index contributed by atoms with van der Waals surface area (Å²) in [4.78, 5) is 13.8. The molecule has 0 saturated heterocycles. The fourth-order valence-corrected chi connectivity index (χ4v) is 6.77. The summed E-state index contributed by atoms with van der Waals surface area (Å²) in [5.74, 6) is 1.10. The highest BCUT2D eigenvalue weighted by atomic mass is 35.5. The van der Waals surface area contributed by atoms with Crippen LogP contribution in [0.25, 0.3) is 44.7 Å². The zero-order chi connectivity index (χ0) is 28.1. The number of aromatic nitrogens is 3. The lowest BCUT2D eigenvalue weighted by Crippen LogP contribution is -2.28. The molecule has 1 aliphatic rings. The number of hydrogen-bond donors (Lipinski definition) is 0. The lowest BCUT2D eigenvalue weighted by atomic mass is 9.67. The third kappa shape index (κ3) is 3.71. The van der Waals surface area contributed by atoms with Gasteiger partial charge in [-0.25, -0.2) is 4.98 Å². The van der Waals surface area contributed by atoms with E-state index in [1.54, 1.807) is 0 Å². The van der Waals surface area contributed by atoms with Crippen LogP contribution in [0.5, 0.6) is 0 Å². The van der Waals surface area contributed by atoms with E-state index >= 15 is 0 Å². The number of nitrogens with zero attached hydrogens (tertiary/aromatic N) is 3. The smallest absolute Gasteiger partial charge is 0.208 e. The summed E-state index contributed by atoms with van der Waals surface area (Å²) in [7, 11) is 0. The first kappa shape index (κ1) is 24.7. The van der Waals surface area contributed by atoms with Crippen LogP contribution in [-0.2, 0) is 5.41 Å². The zero-order valence-electron chi connectivity index (χ0n) is 22.6. The Morgan fingerprint density at radius 1 is 0.476 bits per heavy atom. The van der Waals surface area contributed by atoms with Crippen molar-refractivity contribution in [1.82, 2.24) is 15.0 Å². The molecule has 1 aromatic heterocycles. The van der Waals surface area contributed by atoms with Gasteiger partial charge in [0.1, 0.15) is 0 Å². The number of benzene rings is 6. The van der Waals surface area contributed by atoms with Gasteiger partial charge in [0.15, 0.2) is 11.6 Å². The van der Waals surface area contributed by atoms with Crippen LogP contribution in [-0.4, -0.2) is 15.0 Å². The van der Waals surface area contributed by atoms with Gasteiger partial charge in [-0.3, -0.25) is 0 Å². The van der Waals surface area contributed by atoms with E-state index < -0.39 is 5.41 Å². The summed E-state index contributed by atoms with van der Waals surface area (Å²) in [6, 6.07) is 51.3. The molecule has 4 heteroatoms. The predicted molar refractivity (Wildman–Crippen MR) is 171 cm³/mol. The Morgan fingerprint density at radius 2 is 1.12 bits per heavy atom. The Balaban J connectivity index is 1.42. The van der Waals surface area contributed by atoms with Crippen LogP contribution in [0.4, 0.5) is 0 Å². The third-order valence-corrected chi connectivity index (χ3v) is 8.50. The Labute approximate surface area is 249 Å². The van der Waals surface area contributed by atoms with Gasteiger partial charge in [-0.2, -0.15) is 9.97 Å². The van der Waals surface area contributed by atoms with Crippen molar-refractivity contribution in [2.24, 2.45) is 0 Å². The molecule has 0 saturated carbocycles. The van der Waals surface area contributed by atoms with Gasteiger partial charge in [0, 0.05) is 11.1 Å². The highest BCUT2D eigenvalue weighted by Gasteiger charge is 2.46. The molecule has 1 unspecified atom stereocenters. The topological polar surface area (TPSA) is 38.7 Å². The zero-order valence-corrected chi connectivity index (χ0v) is 23.3. The van der Waals surface area contributed by atoms with Crippen LogP contribution in [0, 0.1) is 0 Å². The summed E-state index contributed by atoms with van der Waals surface area (Å²) >= 11 is 6.47. The second-order valence-electron chi connectivity index (χ2n) is 10.6. The lowest BCUT2D eigenvalue weighted by molar-refractivity contribution is 0.769. The molecule has 0 radical (unpaired) electrons. The van der Waals surface area contributed by atoms with E-state index in [0.717, 1.165) is 16.7 Å². The molecule has 8 rings (SSSR count). The molecule has 0 aliphatic heterocycles. The maximum atomic E-state index is 6.47. The van der Waals surface area contributed by atoms with Crippen LogP contribution in [0.2, 0.25) is 5.28 Å². The number of halogens is 1. The molecule has 0 fully saturated rings. The minimum absolute atomic E-state index is 0.171. The van der Waals surface area contributed by atoms with Crippen molar-refractivity contribution < 1.29 is 0 Å². The van der Waals surface area contributed by atoms with Crippen LogP contribution in [0.1, 0.15) is 22.3 Å². The monoisotopic (exact) mass is 557 g/mol. The molecular weight excluding hydrogens is 534 g/mol. The van der Waals surface area contributed by atoms with E-state index in [4.69, 9.17) is 16.6 Å². The van der Waals surface area contributed by atoms with Gasteiger partial charge in [0.2, 0.25) is 5.28 Å². The molecule has 3 nitrogen and oxygen atoms in total. The van der Waals surface area contributed by atoms with Crippen molar-refractivity contribution in [2.75, 3.05) is 0 Å². The Bertz CT molecular complexity index is 2110. The summed E-state index contributed by atoms with van der Waals surface area (Å²) in [6.07, 6.45) is 0. The van der Waals surface area contributed by atoms with Crippen molar-refractivity contribution in [3.63, 3.8) is 0 Å². The first-order chi connectivity index (χ1) is 20.7. The molecule has 1 heterocycles. The van der Waals surface area contributed by atoms with E-state index in [9.17, 15) is 0 Å². The largest absolute Gasteiger partial charge is 0.226 e. The van der Waals surface area contributed by atoms with Gasteiger partial charge in [0.25, 0.3) is 0 Å². The van der Waals surface area contributed by atoms with Gasteiger partial charge in [0.05, 0.1) is 5.41 Å². The quantitative estimate of drug-likeness (QED) is 0.216.